The minimum absolute atomic E-state index is 0.731. The van der Waals surface area contributed by atoms with Crippen LogP contribution in [-0.2, 0) is 0 Å². The third-order valence-electron chi connectivity index (χ3n) is 1.24. The van der Waals surface area contributed by atoms with Crippen molar-refractivity contribution in [3.05, 3.63) is 24.7 Å². The van der Waals surface area contributed by atoms with E-state index in [-0.39, 0.29) is 0 Å². The van der Waals surface area contributed by atoms with Gasteiger partial charge in [-0.05, 0) is 0 Å². The number of nitrogens with two attached hydrogens (primary N) is 1. The Hall–Kier alpha value is -1.38. The van der Waals surface area contributed by atoms with Crippen molar-refractivity contribution in [2.45, 2.75) is 0 Å². The predicted octanol–water partition coefficient (Wildman–Crippen LogP) is 1.11. The number of nitrogen functional groups attached to an aromatic ring is 1. The molecule has 0 saturated carbocycles. The molecule has 0 aliphatic heterocycles. The molecule has 0 fully saturated rings. The first-order valence-electron chi connectivity index (χ1n) is 2.67. The molecule has 0 spiro atoms. The van der Waals surface area contributed by atoms with Gasteiger partial charge < -0.3 is 10.2 Å². The average Bonchev–Trinajstić information content (AvgIpc) is 2.22. The Morgan fingerprint density at radius 2 is 2.44 bits per heavy atom. The van der Waals surface area contributed by atoms with Gasteiger partial charge in [-0.1, -0.05) is 0 Å². The SMILES string of the molecule is Nc1cc2occn2c1. The van der Waals surface area contributed by atoms with E-state index >= 15 is 0 Å². The molecule has 0 radical (unpaired) electrons. The molecular weight excluding hydrogens is 116 g/mol. The number of rotatable bonds is 0. The zero-order chi connectivity index (χ0) is 6.27. The fourth-order valence-electron chi connectivity index (χ4n) is 0.856. The molecule has 0 bridgehead atoms. The first kappa shape index (κ1) is 4.49. The number of oxazole rings is 1. The molecule has 2 rings (SSSR count). The summed E-state index contributed by atoms with van der Waals surface area (Å²) in [7, 11) is 0. The van der Waals surface area contributed by atoms with Crippen LogP contribution in [0.15, 0.2) is 29.1 Å². The largest absolute Gasteiger partial charge is 0.447 e. The first-order valence-corrected chi connectivity index (χ1v) is 2.67. The van der Waals surface area contributed by atoms with Crippen LogP contribution in [0.4, 0.5) is 5.69 Å². The Kier molecular flexibility index (Phi) is 0.656. The number of anilines is 1. The zero-order valence-electron chi connectivity index (χ0n) is 4.74. The molecule has 3 heteroatoms. The molecule has 2 aromatic heterocycles. The van der Waals surface area contributed by atoms with Crippen LogP contribution < -0.4 is 5.73 Å². The van der Waals surface area contributed by atoms with Gasteiger partial charge in [0.25, 0.3) is 0 Å². The monoisotopic (exact) mass is 122 g/mol. The van der Waals surface area contributed by atoms with Crippen molar-refractivity contribution in [2.24, 2.45) is 0 Å². The van der Waals surface area contributed by atoms with Crippen LogP contribution >= 0.6 is 0 Å². The van der Waals surface area contributed by atoms with Gasteiger partial charge in [-0.15, -0.1) is 0 Å². The summed E-state index contributed by atoms with van der Waals surface area (Å²) in [6, 6.07) is 1.78. The van der Waals surface area contributed by atoms with Crippen molar-refractivity contribution in [3.63, 3.8) is 0 Å². The van der Waals surface area contributed by atoms with Gasteiger partial charge in [0.05, 0.1) is 5.69 Å². The molecule has 3 nitrogen and oxygen atoms in total. The van der Waals surface area contributed by atoms with Gasteiger partial charge in [-0.2, -0.15) is 0 Å². The summed E-state index contributed by atoms with van der Waals surface area (Å²) in [6.45, 7) is 0. The molecule has 2 heterocycles. The second kappa shape index (κ2) is 1.31. The molecule has 0 aromatic carbocycles. The van der Waals surface area contributed by atoms with Crippen LogP contribution in [0.3, 0.4) is 0 Å². The highest BCUT2D eigenvalue weighted by Crippen LogP contribution is 2.10. The summed E-state index contributed by atoms with van der Waals surface area (Å²) in [4.78, 5) is 0. The number of aromatic nitrogens is 1. The topological polar surface area (TPSA) is 43.6 Å². The lowest BCUT2D eigenvalue weighted by molar-refractivity contribution is 0.609. The Balaban J connectivity index is 2.92. The molecule has 0 atom stereocenters. The lowest BCUT2D eigenvalue weighted by Gasteiger charge is -1.73. The summed E-state index contributed by atoms with van der Waals surface area (Å²) < 4.78 is 6.85. The molecule has 0 aliphatic rings. The van der Waals surface area contributed by atoms with Crippen molar-refractivity contribution in [2.75, 3.05) is 5.73 Å². The quantitative estimate of drug-likeness (QED) is 0.568. The summed E-state index contributed by atoms with van der Waals surface area (Å²) >= 11 is 0. The van der Waals surface area contributed by atoms with Gasteiger partial charge in [-0.3, -0.25) is 4.40 Å². The van der Waals surface area contributed by atoms with Gasteiger partial charge in [0.1, 0.15) is 6.26 Å². The Morgan fingerprint density at radius 3 is 3.22 bits per heavy atom. The van der Waals surface area contributed by atoms with E-state index in [2.05, 4.69) is 0 Å². The zero-order valence-corrected chi connectivity index (χ0v) is 4.74. The van der Waals surface area contributed by atoms with Crippen LogP contribution in [0.25, 0.3) is 5.71 Å². The average molecular weight is 122 g/mol. The molecule has 0 saturated heterocycles. The van der Waals surface area contributed by atoms with Gasteiger partial charge in [-0.25, -0.2) is 0 Å². The van der Waals surface area contributed by atoms with Crippen molar-refractivity contribution >= 4 is 11.4 Å². The van der Waals surface area contributed by atoms with Crippen molar-refractivity contribution in [3.8, 4) is 0 Å². The summed E-state index contributed by atoms with van der Waals surface area (Å²) in [5.41, 5.74) is 6.97. The van der Waals surface area contributed by atoms with Crippen LogP contribution in [-0.4, -0.2) is 4.40 Å². The molecule has 2 aromatic rings. The highest BCUT2D eigenvalue weighted by Gasteiger charge is 1.95. The summed E-state index contributed by atoms with van der Waals surface area (Å²) in [5.74, 6) is 0. The van der Waals surface area contributed by atoms with Crippen LogP contribution in [0.1, 0.15) is 0 Å². The maximum absolute atomic E-state index is 5.45. The number of nitrogens with zero attached hydrogens (tertiary/aromatic N) is 1. The molecule has 0 amide bonds. The van der Waals surface area contributed by atoms with E-state index in [9.17, 15) is 0 Å². The predicted molar refractivity (Wildman–Crippen MR) is 34.1 cm³/mol. The highest BCUT2D eigenvalue weighted by molar-refractivity contribution is 5.51. The van der Waals surface area contributed by atoms with E-state index in [1.165, 1.54) is 0 Å². The van der Waals surface area contributed by atoms with E-state index in [4.69, 9.17) is 10.2 Å². The minimum atomic E-state index is 0.731. The molecule has 0 unspecified atom stereocenters. The Bertz CT molecular complexity index is 292. The van der Waals surface area contributed by atoms with Crippen molar-refractivity contribution in [1.29, 1.82) is 0 Å². The Labute approximate surface area is 51.7 Å². The number of hydrogen-bond donors (Lipinski definition) is 1. The molecule has 2 N–H and O–H groups in total. The van der Waals surface area contributed by atoms with Crippen LogP contribution in [0.5, 0.6) is 0 Å². The Morgan fingerprint density at radius 1 is 1.56 bits per heavy atom. The second-order valence-corrected chi connectivity index (χ2v) is 1.92. The fraction of sp³-hybridized carbons (Fsp3) is 0. The number of hydrogen-bond acceptors (Lipinski definition) is 2. The smallest absolute Gasteiger partial charge is 0.205 e. The van der Waals surface area contributed by atoms with E-state index in [1.54, 1.807) is 18.5 Å². The summed E-state index contributed by atoms with van der Waals surface area (Å²) in [5, 5.41) is 0. The van der Waals surface area contributed by atoms with E-state index in [0.29, 0.717) is 0 Å². The highest BCUT2D eigenvalue weighted by atomic mass is 16.3. The van der Waals surface area contributed by atoms with Gasteiger partial charge in [0, 0.05) is 18.5 Å². The first-order chi connectivity index (χ1) is 4.36. The van der Waals surface area contributed by atoms with Crippen LogP contribution in [0.2, 0.25) is 0 Å². The third kappa shape index (κ3) is 0.512. The fourth-order valence-corrected chi connectivity index (χ4v) is 0.856. The molecular formula is C6H6N2O. The maximum Gasteiger partial charge on any atom is 0.205 e. The van der Waals surface area contributed by atoms with Gasteiger partial charge >= 0.3 is 0 Å². The van der Waals surface area contributed by atoms with E-state index in [1.807, 2.05) is 10.6 Å². The molecule has 46 valence electrons. The van der Waals surface area contributed by atoms with E-state index < -0.39 is 0 Å². The standard InChI is InChI=1S/C6H6N2O/c7-5-3-6-8(4-5)1-2-9-6/h1-4H,7H2. The summed E-state index contributed by atoms with van der Waals surface area (Å²) in [6.07, 6.45) is 5.24. The number of fused-ring (bicyclic) bond motifs is 1. The van der Waals surface area contributed by atoms with Gasteiger partial charge in [0.2, 0.25) is 5.71 Å². The lowest BCUT2D eigenvalue weighted by Crippen LogP contribution is -1.77. The third-order valence-corrected chi connectivity index (χ3v) is 1.24. The van der Waals surface area contributed by atoms with Gasteiger partial charge in [0.15, 0.2) is 0 Å². The second-order valence-electron chi connectivity index (χ2n) is 1.92. The molecule has 9 heavy (non-hydrogen) atoms. The normalized spacial score (nSPS) is 10.7. The van der Waals surface area contributed by atoms with Crippen molar-refractivity contribution in [1.82, 2.24) is 4.40 Å². The van der Waals surface area contributed by atoms with E-state index in [0.717, 1.165) is 11.4 Å². The molecule has 0 aliphatic carbocycles. The minimum Gasteiger partial charge on any atom is -0.447 e. The van der Waals surface area contributed by atoms with Crippen molar-refractivity contribution < 1.29 is 4.42 Å². The maximum atomic E-state index is 5.45. The van der Waals surface area contributed by atoms with Crippen LogP contribution in [0, 0.1) is 0 Å². The lowest BCUT2D eigenvalue weighted by atomic mass is 10.6.